The van der Waals surface area contributed by atoms with E-state index in [4.69, 9.17) is 4.74 Å². The Kier molecular flexibility index (Phi) is 4.83. The Balaban J connectivity index is 2.00. The number of halogens is 1. The van der Waals surface area contributed by atoms with Gasteiger partial charge >= 0.3 is 0 Å². The fourth-order valence-electron chi connectivity index (χ4n) is 1.67. The molecule has 2 aromatic rings. The molecule has 0 fully saturated rings. The predicted octanol–water partition coefficient (Wildman–Crippen LogP) is 2.06. The van der Waals surface area contributed by atoms with Crippen molar-refractivity contribution in [2.75, 3.05) is 13.7 Å². The summed E-state index contributed by atoms with van der Waals surface area (Å²) in [7, 11) is 1.70. The van der Waals surface area contributed by atoms with E-state index in [2.05, 4.69) is 43.6 Å². The maximum Gasteiger partial charge on any atom is 0.155 e. The minimum absolute atomic E-state index is 0.720. The molecule has 1 aromatic heterocycles. The molecule has 0 radical (unpaired) electrons. The minimum atomic E-state index is 0.720. The van der Waals surface area contributed by atoms with E-state index in [1.165, 1.54) is 5.56 Å². The average Bonchev–Trinajstić information content (AvgIpc) is 2.80. The lowest BCUT2D eigenvalue weighted by Crippen LogP contribution is -2.08. The Morgan fingerprint density at radius 2 is 2.06 bits per heavy atom. The number of benzene rings is 1. The van der Waals surface area contributed by atoms with Gasteiger partial charge in [0.15, 0.2) is 5.82 Å². The summed E-state index contributed by atoms with van der Waals surface area (Å²) in [6.45, 7) is 1.50. The van der Waals surface area contributed by atoms with E-state index in [-0.39, 0.29) is 0 Å². The second-order valence-corrected chi connectivity index (χ2v) is 4.88. The number of rotatable bonds is 6. The second kappa shape index (κ2) is 6.61. The van der Waals surface area contributed by atoms with Crippen molar-refractivity contribution in [1.29, 1.82) is 0 Å². The molecular formula is C12H15BrN4O. The summed E-state index contributed by atoms with van der Waals surface area (Å²) in [5.74, 6) is 0.883. The summed E-state index contributed by atoms with van der Waals surface area (Å²) in [6, 6.07) is 8.18. The molecule has 0 aliphatic carbocycles. The highest BCUT2D eigenvalue weighted by Gasteiger charge is 2.06. The lowest BCUT2D eigenvalue weighted by molar-refractivity contribution is 0.188. The number of nitrogens with zero attached hydrogens (tertiary/aromatic N) is 4. The lowest BCUT2D eigenvalue weighted by atomic mass is 10.1. The van der Waals surface area contributed by atoms with Gasteiger partial charge in [-0.25, -0.2) is 4.68 Å². The lowest BCUT2D eigenvalue weighted by Gasteiger charge is -2.04. The molecule has 0 atom stereocenters. The predicted molar refractivity (Wildman–Crippen MR) is 71.3 cm³/mol. The first kappa shape index (κ1) is 13.2. The molecule has 0 bridgehead atoms. The topological polar surface area (TPSA) is 52.8 Å². The van der Waals surface area contributed by atoms with Gasteiger partial charge in [-0.3, -0.25) is 0 Å². The third-order valence-corrected chi connectivity index (χ3v) is 3.13. The normalized spacial score (nSPS) is 10.8. The number of aryl methyl sites for hydroxylation is 1. The summed E-state index contributed by atoms with van der Waals surface area (Å²) in [4.78, 5) is 0. The molecule has 0 saturated heterocycles. The van der Waals surface area contributed by atoms with Gasteiger partial charge in [-0.15, -0.1) is 5.10 Å². The van der Waals surface area contributed by atoms with Crippen LogP contribution in [0.1, 0.15) is 17.8 Å². The van der Waals surface area contributed by atoms with Gasteiger partial charge in [-0.1, -0.05) is 28.1 Å². The van der Waals surface area contributed by atoms with Crippen LogP contribution in [0, 0.1) is 0 Å². The van der Waals surface area contributed by atoms with Crippen LogP contribution in [0.4, 0.5) is 0 Å². The molecule has 1 aromatic carbocycles. The number of ether oxygens (including phenoxy) is 1. The average molecular weight is 311 g/mol. The van der Waals surface area contributed by atoms with Crippen molar-refractivity contribution >= 4 is 15.9 Å². The third kappa shape index (κ3) is 3.61. The van der Waals surface area contributed by atoms with Crippen molar-refractivity contribution in [2.24, 2.45) is 0 Å². The van der Waals surface area contributed by atoms with E-state index in [9.17, 15) is 0 Å². The van der Waals surface area contributed by atoms with Gasteiger partial charge in [0.05, 0.1) is 0 Å². The molecule has 5 nitrogen and oxygen atoms in total. The van der Waals surface area contributed by atoms with Gasteiger partial charge in [0.1, 0.15) is 0 Å². The van der Waals surface area contributed by atoms with Crippen molar-refractivity contribution < 1.29 is 4.74 Å². The van der Waals surface area contributed by atoms with Crippen LogP contribution in [0.5, 0.6) is 0 Å². The van der Waals surface area contributed by atoms with Crippen LogP contribution in [0.2, 0.25) is 0 Å². The van der Waals surface area contributed by atoms with E-state index in [0.717, 1.165) is 36.3 Å². The molecule has 1 heterocycles. The molecule has 0 aliphatic rings. The molecule has 0 unspecified atom stereocenters. The van der Waals surface area contributed by atoms with Crippen LogP contribution in [-0.4, -0.2) is 33.9 Å². The monoisotopic (exact) mass is 310 g/mol. The summed E-state index contributed by atoms with van der Waals surface area (Å²) in [5, 5.41) is 11.8. The summed E-state index contributed by atoms with van der Waals surface area (Å²) in [5.41, 5.74) is 1.20. The van der Waals surface area contributed by atoms with Crippen molar-refractivity contribution in [3.05, 3.63) is 40.1 Å². The first-order valence-electron chi connectivity index (χ1n) is 5.78. The Labute approximate surface area is 114 Å². The SMILES string of the molecule is COCCCn1nnnc1Cc1ccc(Br)cc1. The van der Waals surface area contributed by atoms with Gasteiger partial charge in [0, 0.05) is 31.2 Å². The largest absolute Gasteiger partial charge is 0.385 e. The van der Waals surface area contributed by atoms with E-state index >= 15 is 0 Å². The van der Waals surface area contributed by atoms with Crippen molar-refractivity contribution in [3.63, 3.8) is 0 Å². The fourth-order valence-corrected chi connectivity index (χ4v) is 1.93. The van der Waals surface area contributed by atoms with Gasteiger partial charge in [0.2, 0.25) is 0 Å². The van der Waals surface area contributed by atoms with Crippen LogP contribution in [0.3, 0.4) is 0 Å². The first-order chi connectivity index (χ1) is 8.79. The van der Waals surface area contributed by atoms with Crippen molar-refractivity contribution in [1.82, 2.24) is 20.2 Å². The Morgan fingerprint density at radius 1 is 1.28 bits per heavy atom. The maximum absolute atomic E-state index is 5.02. The fraction of sp³-hybridized carbons (Fsp3) is 0.417. The number of tetrazole rings is 1. The van der Waals surface area contributed by atoms with Gasteiger partial charge in [0.25, 0.3) is 0 Å². The second-order valence-electron chi connectivity index (χ2n) is 3.97. The molecule has 0 saturated carbocycles. The van der Waals surface area contributed by atoms with Gasteiger partial charge in [-0.2, -0.15) is 0 Å². The minimum Gasteiger partial charge on any atom is -0.385 e. The first-order valence-corrected chi connectivity index (χ1v) is 6.57. The molecular weight excluding hydrogens is 296 g/mol. The highest BCUT2D eigenvalue weighted by Crippen LogP contribution is 2.12. The Bertz CT molecular complexity index is 483. The van der Waals surface area contributed by atoms with Gasteiger partial charge < -0.3 is 4.74 Å². The molecule has 18 heavy (non-hydrogen) atoms. The smallest absolute Gasteiger partial charge is 0.155 e. The maximum atomic E-state index is 5.02. The van der Waals surface area contributed by atoms with E-state index in [1.54, 1.807) is 7.11 Å². The Morgan fingerprint density at radius 3 is 2.78 bits per heavy atom. The molecule has 2 rings (SSSR count). The molecule has 0 amide bonds. The zero-order chi connectivity index (χ0) is 12.8. The van der Waals surface area contributed by atoms with E-state index in [0.29, 0.717) is 0 Å². The third-order valence-electron chi connectivity index (χ3n) is 2.60. The molecule has 0 N–H and O–H groups in total. The molecule has 0 spiro atoms. The van der Waals surface area contributed by atoms with Crippen LogP contribution in [0.15, 0.2) is 28.7 Å². The molecule has 0 aliphatic heterocycles. The standard InChI is InChI=1S/C12H15BrN4O/c1-18-8-2-7-17-12(14-15-16-17)9-10-3-5-11(13)6-4-10/h3-6H,2,7-9H2,1H3. The quantitative estimate of drug-likeness (QED) is 0.766. The van der Waals surface area contributed by atoms with Crippen molar-refractivity contribution in [3.8, 4) is 0 Å². The number of methoxy groups -OCH3 is 1. The summed E-state index contributed by atoms with van der Waals surface area (Å²) < 4.78 is 7.93. The van der Waals surface area contributed by atoms with Crippen molar-refractivity contribution in [2.45, 2.75) is 19.4 Å². The van der Waals surface area contributed by atoms with Crippen LogP contribution < -0.4 is 0 Å². The van der Waals surface area contributed by atoms with E-state index in [1.807, 2.05) is 16.8 Å². The highest BCUT2D eigenvalue weighted by molar-refractivity contribution is 9.10. The molecule has 96 valence electrons. The number of hydrogen-bond donors (Lipinski definition) is 0. The van der Waals surface area contributed by atoms with E-state index < -0.39 is 0 Å². The molecule has 6 heteroatoms. The summed E-state index contributed by atoms with van der Waals surface area (Å²) >= 11 is 3.42. The zero-order valence-corrected chi connectivity index (χ0v) is 11.8. The Hall–Kier alpha value is -1.27. The highest BCUT2D eigenvalue weighted by atomic mass is 79.9. The number of aromatic nitrogens is 4. The van der Waals surface area contributed by atoms with Crippen LogP contribution in [0.25, 0.3) is 0 Å². The zero-order valence-electron chi connectivity index (χ0n) is 10.2. The van der Waals surface area contributed by atoms with Crippen LogP contribution in [-0.2, 0) is 17.7 Å². The van der Waals surface area contributed by atoms with Gasteiger partial charge in [-0.05, 0) is 34.5 Å². The number of hydrogen-bond acceptors (Lipinski definition) is 4. The van der Waals surface area contributed by atoms with Crippen LogP contribution >= 0.6 is 15.9 Å². The summed E-state index contributed by atoms with van der Waals surface area (Å²) in [6.07, 6.45) is 1.65.